The molecular weight excluding hydrogens is 590 g/mol. The Kier molecular flexibility index (Phi) is 10.1. The largest absolute Gasteiger partial charge is 0.417 e. The van der Waals surface area contributed by atoms with Gasteiger partial charge in [-0.2, -0.15) is 13.2 Å². The predicted octanol–water partition coefficient (Wildman–Crippen LogP) is 5.76. The van der Waals surface area contributed by atoms with Crippen LogP contribution in [-0.4, -0.2) is 44.3 Å². The van der Waals surface area contributed by atoms with Crippen LogP contribution in [0.15, 0.2) is 77.7 Å². The van der Waals surface area contributed by atoms with Crippen molar-refractivity contribution in [3.8, 4) is 0 Å². The Morgan fingerprint density at radius 1 is 0.975 bits per heavy atom. The van der Waals surface area contributed by atoms with Crippen molar-refractivity contribution >= 4 is 50.7 Å². The molecule has 0 aliphatic carbocycles. The van der Waals surface area contributed by atoms with Crippen molar-refractivity contribution < 1.29 is 31.2 Å². The molecule has 0 saturated heterocycles. The number of halogens is 5. The third kappa shape index (κ3) is 7.47. The van der Waals surface area contributed by atoms with E-state index in [0.717, 1.165) is 17.0 Å². The average Bonchev–Trinajstić information content (AvgIpc) is 2.91. The number of amides is 2. The summed E-state index contributed by atoms with van der Waals surface area (Å²) in [6.45, 7) is 2.46. The lowest BCUT2D eigenvalue weighted by Gasteiger charge is -2.32. The number of nitrogens with one attached hydrogen (secondary N) is 1. The van der Waals surface area contributed by atoms with E-state index < -0.39 is 56.9 Å². The van der Waals surface area contributed by atoms with Crippen LogP contribution in [0.25, 0.3) is 0 Å². The van der Waals surface area contributed by atoms with Gasteiger partial charge in [0.15, 0.2) is 0 Å². The number of nitrogens with zero attached hydrogens (tertiary/aromatic N) is 2. The molecule has 3 aromatic rings. The molecule has 7 nitrogen and oxygen atoms in total. The minimum Gasteiger partial charge on any atom is -0.355 e. The van der Waals surface area contributed by atoms with Crippen LogP contribution in [0.3, 0.4) is 0 Å². The predicted molar refractivity (Wildman–Crippen MR) is 148 cm³/mol. The molecule has 0 fully saturated rings. The highest BCUT2D eigenvalue weighted by atomic mass is 35.5. The number of carbonyl (C=O) groups excluding carboxylic acids is 2. The molecular formula is C27H26Cl2F3N3O4S. The van der Waals surface area contributed by atoms with Crippen molar-refractivity contribution in [3.63, 3.8) is 0 Å². The highest BCUT2D eigenvalue weighted by Gasteiger charge is 2.36. The van der Waals surface area contributed by atoms with Gasteiger partial charge >= 0.3 is 6.18 Å². The molecule has 0 heterocycles. The molecule has 1 N–H and O–H groups in total. The zero-order chi connectivity index (χ0) is 29.7. The Bertz CT molecular complexity index is 1450. The summed E-state index contributed by atoms with van der Waals surface area (Å²) >= 11 is 11.7. The van der Waals surface area contributed by atoms with E-state index in [4.69, 9.17) is 23.2 Å². The lowest BCUT2D eigenvalue weighted by atomic mass is 10.1. The summed E-state index contributed by atoms with van der Waals surface area (Å²) in [5.41, 5.74) is -1.09. The van der Waals surface area contributed by atoms with Crippen molar-refractivity contribution in [2.75, 3.05) is 17.4 Å². The molecule has 3 aromatic carbocycles. The fourth-order valence-electron chi connectivity index (χ4n) is 3.83. The summed E-state index contributed by atoms with van der Waals surface area (Å²) in [5, 5.41) is 2.44. The lowest BCUT2D eigenvalue weighted by molar-refractivity contribution is -0.139. The number of hydrogen-bond donors (Lipinski definition) is 1. The minimum absolute atomic E-state index is 0.0953. The molecule has 1 atom stereocenters. The van der Waals surface area contributed by atoms with Gasteiger partial charge in [0.25, 0.3) is 10.0 Å². The first-order valence-corrected chi connectivity index (χ1v) is 14.2. The first-order chi connectivity index (χ1) is 18.8. The number of carbonyl (C=O) groups is 2. The van der Waals surface area contributed by atoms with Gasteiger partial charge in [-0.05, 0) is 61.9 Å². The molecule has 0 aromatic heterocycles. The fraction of sp³-hybridized carbons (Fsp3) is 0.259. The average molecular weight is 616 g/mol. The number of anilines is 1. The third-order valence-corrected chi connectivity index (χ3v) is 8.31. The standard InChI is InChI=1S/C27H26Cl2F3N3O4S/c1-3-33-26(37)18(2)34(16-19-9-11-20(28)12-10-19)25(36)17-35(40(38,39)22-7-5-4-6-8-22)21-13-14-24(29)23(15-21)27(30,31)32/h4-15,18H,3,16-17H2,1-2H3,(H,33,37)/t18-/m1/s1. The molecule has 0 aliphatic rings. The highest BCUT2D eigenvalue weighted by molar-refractivity contribution is 7.92. The number of likely N-dealkylation sites (N-methyl/N-ethyl adjacent to an activating group) is 1. The van der Waals surface area contributed by atoms with Crippen molar-refractivity contribution in [1.29, 1.82) is 0 Å². The van der Waals surface area contributed by atoms with E-state index in [0.29, 0.717) is 21.0 Å². The smallest absolute Gasteiger partial charge is 0.355 e. The zero-order valence-electron chi connectivity index (χ0n) is 21.5. The summed E-state index contributed by atoms with van der Waals surface area (Å²) in [7, 11) is -4.54. The number of alkyl halides is 3. The van der Waals surface area contributed by atoms with E-state index >= 15 is 0 Å². The first-order valence-electron chi connectivity index (χ1n) is 12.0. The van der Waals surface area contributed by atoms with Gasteiger partial charge in [0.2, 0.25) is 11.8 Å². The Balaban J connectivity index is 2.10. The Hall–Kier alpha value is -3.28. The maximum atomic E-state index is 13.7. The van der Waals surface area contributed by atoms with E-state index in [-0.39, 0.29) is 18.0 Å². The lowest BCUT2D eigenvalue weighted by Crippen LogP contribution is -2.51. The molecule has 3 rings (SSSR count). The molecule has 40 heavy (non-hydrogen) atoms. The zero-order valence-corrected chi connectivity index (χ0v) is 23.8. The third-order valence-electron chi connectivity index (χ3n) is 5.94. The second kappa shape index (κ2) is 12.9. The number of benzene rings is 3. The van der Waals surface area contributed by atoms with Crippen LogP contribution in [0.4, 0.5) is 18.9 Å². The van der Waals surface area contributed by atoms with E-state index in [1.165, 1.54) is 31.2 Å². The van der Waals surface area contributed by atoms with Gasteiger partial charge in [0.05, 0.1) is 21.2 Å². The van der Waals surface area contributed by atoms with Crippen LogP contribution in [-0.2, 0) is 32.3 Å². The van der Waals surface area contributed by atoms with Crippen molar-refractivity contribution in [3.05, 3.63) is 94.0 Å². The Labute approximate surface area is 240 Å². The maximum absolute atomic E-state index is 13.7. The Morgan fingerprint density at radius 3 is 2.17 bits per heavy atom. The van der Waals surface area contributed by atoms with Crippen LogP contribution >= 0.6 is 23.2 Å². The second-order valence-corrected chi connectivity index (χ2v) is 11.4. The first kappa shape index (κ1) is 31.3. The number of hydrogen-bond acceptors (Lipinski definition) is 4. The SMILES string of the molecule is CCNC(=O)[C@@H](C)N(Cc1ccc(Cl)cc1)C(=O)CN(c1ccc(Cl)c(C(F)(F)F)c1)S(=O)(=O)c1ccccc1. The van der Waals surface area contributed by atoms with Gasteiger partial charge in [-0.15, -0.1) is 0 Å². The van der Waals surface area contributed by atoms with Crippen LogP contribution in [0.1, 0.15) is 25.0 Å². The van der Waals surface area contributed by atoms with E-state index in [2.05, 4.69) is 5.32 Å². The molecule has 0 aliphatic heterocycles. The fourth-order valence-corrected chi connectivity index (χ4v) is 5.60. The monoisotopic (exact) mass is 615 g/mol. The van der Waals surface area contributed by atoms with Crippen molar-refractivity contribution in [2.24, 2.45) is 0 Å². The van der Waals surface area contributed by atoms with Crippen molar-refractivity contribution in [1.82, 2.24) is 10.2 Å². The van der Waals surface area contributed by atoms with Gasteiger partial charge in [-0.25, -0.2) is 8.42 Å². The summed E-state index contributed by atoms with van der Waals surface area (Å²) in [4.78, 5) is 27.4. The van der Waals surface area contributed by atoms with Gasteiger partial charge in [-0.3, -0.25) is 13.9 Å². The van der Waals surface area contributed by atoms with E-state index in [1.54, 1.807) is 37.3 Å². The molecule has 0 unspecified atom stereocenters. The summed E-state index contributed by atoms with van der Waals surface area (Å²) in [6, 6.07) is 15.0. The van der Waals surface area contributed by atoms with Gasteiger partial charge in [0, 0.05) is 18.1 Å². The van der Waals surface area contributed by atoms with Crippen LogP contribution in [0.5, 0.6) is 0 Å². The van der Waals surface area contributed by atoms with E-state index in [1.807, 2.05) is 0 Å². The summed E-state index contributed by atoms with van der Waals surface area (Å²) < 4.78 is 68.9. The van der Waals surface area contributed by atoms with Crippen LogP contribution in [0.2, 0.25) is 10.0 Å². The second-order valence-electron chi connectivity index (χ2n) is 8.71. The molecule has 214 valence electrons. The van der Waals surface area contributed by atoms with Gasteiger partial charge in [0.1, 0.15) is 12.6 Å². The van der Waals surface area contributed by atoms with Gasteiger partial charge < -0.3 is 10.2 Å². The van der Waals surface area contributed by atoms with Crippen LogP contribution in [0, 0.1) is 0 Å². The number of sulfonamides is 1. The highest BCUT2D eigenvalue weighted by Crippen LogP contribution is 2.38. The topological polar surface area (TPSA) is 86.8 Å². The number of rotatable bonds is 10. The molecule has 0 spiro atoms. The molecule has 0 bridgehead atoms. The maximum Gasteiger partial charge on any atom is 0.417 e. The Morgan fingerprint density at radius 2 is 1.60 bits per heavy atom. The minimum atomic E-state index is -4.88. The van der Waals surface area contributed by atoms with E-state index in [9.17, 15) is 31.2 Å². The quantitative estimate of drug-likeness (QED) is 0.314. The van der Waals surface area contributed by atoms with Crippen molar-refractivity contribution in [2.45, 2.75) is 37.5 Å². The van der Waals surface area contributed by atoms with Gasteiger partial charge in [-0.1, -0.05) is 53.5 Å². The molecule has 0 radical (unpaired) electrons. The summed E-state index contributed by atoms with van der Waals surface area (Å²) in [5.74, 6) is -1.31. The molecule has 0 saturated carbocycles. The molecule has 13 heteroatoms. The molecule has 2 amide bonds. The van der Waals surface area contributed by atoms with Crippen LogP contribution < -0.4 is 9.62 Å². The summed E-state index contributed by atoms with van der Waals surface area (Å²) in [6.07, 6.45) is -4.88. The normalized spacial score (nSPS) is 12.5.